The van der Waals surface area contributed by atoms with Crippen LogP contribution in [-0.4, -0.2) is 5.78 Å². The van der Waals surface area contributed by atoms with Crippen LogP contribution >= 0.6 is 0 Å². The van der Waals surface area contributed by atoms with Crippen LogP contribution in [-0.2, 0) is 6.42 Å². The van der Waals surface area contributed by atoms with Gasteiger partial charge >= 0.3 is 0 Å². The van der Waals surface area contributed by atoms with Crippen molar-refractivity contribution in [1.29, 1.82) is 0 Å². The summed E-state index contributed by atoms with van der Waals surface area (Å²) in [6.07, 6.45) is 8.99. The third-order valence-corrected chi connectivity index (χ3v) is 3.62. The molecule has 1 heteroatoms. The molecule has 0 N–H and O–H groups in total. The first-order valence-corrected chi connectivity index (χ1v) is 7.43. The van der Waals surface area contributed by atoms with Gasteiger partial charge in [-0.05, 0) is 30.4 Å². The van der Waals surface area contributed by atoms with Crippen LogP contribution in [0.1, 0.15) is 61.9 Å². The van der Waals surface area contributed by atoms with E-state index in [0.29, 0.717) is 0 Å². The van der Waals surface area contributed by atoms with Crippen molar-refractivity contribution in [3.63, 3.8) is 0 Å². The number of allylic oxidation sites excluding steroid dienone is 1. The molecule has 1 rings (SSSR count). The number of rotatable bonds is 9. The fourth-order valence-corrected chi connectivity index (χ4v) is 2.41. The molecule has 0 aromatic heterocycles. The van der Waals surface area contributed by atoms with E-state index in [4.69, 9.17) is 0 Å². The highest BCUT2D eigenvalue weighted by Gasteiger charge is 2.02. The first-order chi connectivity index (χ1) is 9.17. The van der Waals surface area contributed by atoms with E-state index in [1.807, 2.05) is 12.1 Å². The predicted octanol–water partition coefficient (Wildman–Crippen LogP) is 5.20. The zero-order chi connectivity index (χ0) is 14.1. The quantitative estimate of drug-likeness (QED) is 0.338. The number of aryl methyl sites for hydroxylation is 1. The molecule has 0 fully saturated rings. The van der Waals surface area contributed by atoms with Crippen molar-refractivity contribution >= 4 is 5.78 Å². The summed E-state index contributed by atoms with van der Waals surface area (Å²) < 4.78 is 0. The summed E-state index contributed by atoms with van der Waals surface area (Å²) in [6.45, 7) is 8.10. The highest BCUT2D eigenvalue weighted by Crippen LogP contribution is 2.15. The van der Waals surface area contributed by atoms with Gasteiger partial charge in [0.15, 0.2) is 5.78 Å². The first kappa shape index (κ1) is 15.7. The lowest BCUT2D eigenvalue weighted by Gasteiger charge is -2.09. The second kappa shape index (κ2) is 8.68. The lowest BCUT2D eigenvalue weighted by Crippen LogP contribution is -1.96. The van der Waals surface area contributed by atoms with Gasteiger partial charge in [0, 0.05) is 5.56 Å². The number of benzene rings is 1. The molecule has 0 aliphatic carbocycles. The molecule has 0 amide bonds. The third kappa shape index (κ3) is 5.87. The monoisotopic (exact) mass is 258 g/mol. The van der Waals surface area contributed by atoms with E-state index in [-0.39, 0.29) is 5.78 Å². The molecule has 0 heterocycles. The number of carbonyl (C=O) groups is 1. The molecule has 0 bridgehead atoms. The maximum atomic E-state index is 11.4. The van der Waals surface area contributed by atoms with E-state index in [9.17, 15) is 4.79 Å². The van der Waals surface area contributed by atoms with Gasteiger partial charge in [0.25, 0.3) is 0 Å². The van der Waals surface area contributed by atoms with Gasteiger partial charge in [-0.2, -0.15) is 0 Å². The maximum Gasteiger partial charge on any atom is 0.185 e. The van der Waals surface area contributed by atoms with Gasteiger partial charge in [-0.1, -0.05) is 70.4 Å². The Labute approximate surface area is 117 Å². The topological polar surface area (TPSA) is 17.1 Å². The molecule has 0 aliphatic rings. The average Bonchev–Trinajstić information content (AvgIpc) is 2.44. The number of hydrogen-bond donors (Lipinski definition) is 0. The van der Waals surface area contributed by atoms with Crippen molar-refractivity contribution in [3.05, 3.63) is 48.0 Å². The molecule has 0 saturated carbocycles. The molecule has 19 heavy (non-hydrogen) atoms. The molecule has 1 aromatic rings. The Morgan fingerprint density at radius 1 is 1.21 bits per heavy atom. The summed E-state index contributed by atoms with van der Waals surface area (Å²) >= 11 is 0. The molecule has 1 atom stereocenters. The summed E-state index contributed by atoms with van der Waals surface area (Å²) in [4.78, 5) is 11.4. The maximum absolute atomic E-state index is 11.4. The molecule has 1 nitrogen and oxygen atoms in total. The summed E-state index contributed by atoms with van der Waals surface area (Å²) in [6, 6.07) is 7.93. The Balaban J connectivity index is 2.30. The lowest BCUT2D eigenvalue weighted by molar-refractivity contribution is 0.104. The smallest absolute Gasteiger partial charge is 0.185 e. The molecular weight excluding hydrogens is 232 g/mol. The highest BCUT2D eigenvalue weighted by molar-refractivity contribution is 6.04. The predicted molar refractivity (Wildman–Crippen MR) is 82.6 cm³/mol. The number of ketones is 1. The Bertz CT molecular complexity index is 389. The molecule has 1 aromatic carbocycles. The Kier molecular flexibility index (Phi) is 7.17. The molecule has 0 radical (unpaired) electrons. The molecule has 0 saturated heterocycles. The standard InChI is InChI=1S/C18H26O/c1-4-8-15(3)9-6-7-10-16-11-13-17(14-12-16)18(19)5-2/h5,11-15H,2,4,6-10H2,1,3H3. The average molecular weight is 258 g/mol. The largest absolute Gasteiger partial charge is 0.289 e. The van der Waals surface area contributed by atoms with E-state index in [2.05, 4.69) is 32.6 Å². The van der Waals surface area contributed by atoms with Gasteiger partial charge in [-0.3, -0.25) is 4.79 Å². The van der Waals surface area contributed by atoms with Gasteiger partial charge < -0.3 is 0 Å². The SMILES string of the molecule is C=CC(=O)c1ccc(CCCCC(C)CCC)cc1. The summed E-state index contributed by atoms with van der Waals surface area (Å²) in [7, 11) is 0. The van der Waals surface area contributed by atoms with Crippen molar-refractivity contribution in [2.24, 2.45) is 5.92 Å². The van der Waals surface area contributed by atoms with Crippen LogP contribution in [0.4, 0.5) is 0 Å². The van der Waals surface area contributed by atoms with E-state index < -0.39 is 0 Å². The zero-order valence-electron chi connectivity index (χ0n) is 12.3. The van der Waals surface area contributed by atoms with Crippen LogP contribution in [0, 0.1) is 5.92 Å². The molecule has 0 spiro atoms. The third-order valence-electron chi connectivity index (χ3n) is 3.62. The van der Waals surface area contributed by atoms with Gasteiger partial charge in [0.2, 0.25) is 0 Å². The van der Waals surface area contributed by atoms with E-state index in [0.717, 1.165) is 17.9 Å². The van der Waals surface area contributed by atoms with Crippen LogP contribution in [0.25, 0.3) is 0 Å². The Morgan fingerprint density at radius 2 is 1.89 bits per heavy atom. The number of unbranched alkanes of at least 4 members (excludes halogenated alkanes) is 1. The lowest BCUT2D eigenvalue weighted by atomic mass is 9.97. The van der Waals surface area contributed by atoms with Crippen LogP contribution in [0.15, 0.2) is 36.9 Å². The van der Waals surface area contributed by atoms with Crippen molar-refractivity contribution in [1.82, 2.24) is 0 Å². The first-order valence-electron chi connectivity index (χ1n) is 7.43. The van der Waals surface area contributed by atoms with Crippen molar-refractivity contribution in [2.45, 2.75) is 52.4 Å². The van der Waals surface area contributed by atoms with E-state index in [1.54, 1.807) is 0 Å². The van der Waals surface area contributed by atoms with Crippen LogP contribution in [0.2, 0.25) is 0 Å². The van der Waals surface area contributed by atoms with E-state index in [1.165, 1.54) is 43.7 Å². The van der Waals surface area contributed by atoms with Crippen molar-refractivity contribution in [2.75, 3.05) is 0 Å². The fraction of sp³-hybridized carbons (Fsp3) is 0.500. The minimum Gasteiger partial charge on any atom is -0.289 e. The second-order valence-corrected chi connectivity index (χ2v) is 5.40. The van der Waals surface area contributed by atoms with Gasteiger partial charge in [0.05, 0.1) is 0 Å². The zero-order valence-corrected chi connectivity index (χ0v) is 12.3. The van der Waals surface area contributed by atoms with Crippen LogP contribution in [0.3, 0.4) is 0 Å². The van der Waals surface area contributed by atoms with Gasteiger partial charge in [0.1, 0.15) is 0 Å². The summed E-state index contributed by atoms with van der Waals surface area (Å²) in [5.74, 6) is 0.859. The normalized spacial score (nSPS) is 12.1. The van der Waals surface area contributed by atoms with E-state index >= 15 is 0 Å². The number of carbonyl (C=O) groups excluding carboxylic acids is 1. The molecule has 1 unspecified atom stereocenters. The molecule has 104 valence electrons. The van der Waals surface area contributed by atoms with Gasteiger partial charge in [-0.15, -0.1) is 0 Å². The van der Waals surface area contributed by atoms with Crippen LogP contribution < -0.4 is 0 Å². The minimum atomic E-state index is -0.0000552. The second-order valence-electron chi connectivity index (χ2n) is 5.40. The summed E-state index contributed by atoms with van der Waals surface area (Å²) in [5.41, 5.74) is 2.05. The van der Waals surface area contributed by atoms with Crippen molar-refractivity contribution in [3.8, 4) is 0 Å². The Morgan fingerprint density at radius 3 is 2.47 bits per heavy atom. The molecule has 0 aliphatic heterocycles. The summed E-state index contributed by atoms with van der Waals surface area (Å²) in [5, 5.41) is 0. The highest BCUT2D eigenvalue weighted by atomic mass is 16.1. The fourth-order valence-electron chi connectivity index (χ4n) is 2.41. The molecular formula is C18H26O. The van der Waals surface area contributed by atoms with Crippen molar-refractivity contribution < 1.29 is 4.79 Å². The minimum absolute atomic E-state index is 0.0000552. The number of hydrogen-bond acceptors (Lipinski definition) is 1. The van der Waals surface area contributed by atoms with Gasteiger partial charge in [-0.25, -0.2) is 0 Å². The van der Waals surface area contributed by atoms with Crippen LogP contribution in [0.5, 0.6) is 0 Å². The Hall–Kier alpha value is -1.37.